The van der Waals surface area contributed by atoms with Crippen molar-refractivity contribution in [2.45, 2.75) is 13.5 Å². The number of fused-ring (bicyclic) bond motifs is 3. The summed E-state index contributed by atoms with van der Waals surface area (Å²) in [5.74, 6) is 1.74. The molecular formula is C18H21N5O3. The van der Waals surface area contributed by atoms with Gasteiger partial charge in [0.25, 0.3) is 5.56 Å². The van der Waals surface area contributed by atoms with Crippen LogP contribution in [-0.2, 0) is 20.6 Å². The molecule has 136 valence electrons. The van der Waals surface area contributed by atoms with Crippen molar-refractivity contribution in [2.75, 3.05) is 18.6 Å². The second kappa shape index (κ2) is 5.76. The molecule has 0 aliphatic carbocycles. The fourth-order valence-corrected chi connectivity index (χ4v) is 3.58. The molecule has 3 aromatic rings. The SMILES string of the molecule is COc1cccc(N2CC(C)Cn3c2nc2c3c(=O)n(C)c(=O)n2C)c1. The zero-order valence-corrected chi connectivity index (χ0v) is 15.3. The predicted molar refractivity (Wildman–Crippen MR) is 99.4 cm³/mol. The van der Waals surface area contributed by atoms with E-state index >= 15 is 0 Å². The van der Waals surface area contributed by atoms with Gasteiger partial charge in [0.15, 0.2) is 11.2 Å². The average molecular weight is 355 g/mol. The smallest absolute Gasteiger partial charge is 0.332 e. The molecule has 0 bridgehead atoms. The van der Waals surface area contributed by atoms with Crippen molar-refractivity contribution in [3.63, 3.8) is 0 Å². The van der Waals surface area contributed by atoms with E-state index < -0.39 is 0 Å². The second-order valence-electron chi connectivity index (χ2n) is 6.82. The van der Waals surface area contributed by atoms with Crippen LogP contribution >= 0.6 is 0 Å². The van der Waals surface area contributed by atoms with Crippen LogP contribution in [0.5, 0.6) is 5.75 Å². The van der Waals surface area contributed by atoms with E-state index in [2.05, 4.69) is 16.8 Å². The number of rotatable bonds is 2. The van der Waals surface area contributed by atoms with Gasteiger partial charge < -0.3 is 14.2 Å². The highest BCUT2D eigenvalue weighted by Crippen LogP contribution is 2.34. The molecule has 4 rings (SSSR count). The molecule has 1 aliphatic heterocycles. The van der Waals surface area contributed by atoms with E-state index in [0.717, 1.165) is 22.5 Å². The third-order valence-corrected chi connectivity index (χ3v) is 4.92. The number of anilines is 2. The minimum atomic E-state index is -0.376. The van der Waals surface area contributed by atoms with Gasteiger partial charge in [-0.15, -0.1) is 0 Å². The van der Waals surface area contributed by atoms with Crippen LogP contribution in [0.25, 0.3) is 11.2 Å². The summed E-state index contributed by atoms with van der Waals surface area (Å²) in [6.07, 6.45) is 0. The Morgan fingerprint density at radius 2 is 1.92 bits per heavy atom. The van der Waals surface area contributed by atoms with Crippen molar-refractivity contribution in [1.29, 1.82) is 0 Å². The van der Waals surface area contributed by atoms with Crippen LogP contribution in [0, 0.1) is 5.92 Å². The number of hydrogen-bond acceptors (Lipinski definition) is 5. The Balaban J connectivity index is 2.01. The molecule has 1 atom stereocenters. The summed E-state index contributed by atoms with van der Waals surface area (Å²) in [7, 11) is 4.77. The Bertz CT molecular complexity index is 1120. The van der Waals surface area contributed by atoms with Gasteiger partial charge in [-0.2, -0.15) is 4.98 Å². The molecule has 8 nitrogen and oxygen atoms in total. The third kappa shape index (κ3) is 2.25. The van der Waals surface area contributed by atoms with Crippen molar-refractivity contribution < 1.29 is 4.74 Å². The summed E-state index contributed by atoms with van der Waals surface area (Å²) >= 11 is 0. The maximum absolute atomic E-state index is 12.7. The molecule has 26 heavy (non-hydrogen) atoms. The van der Waals surface area contributed by atoms with Crippen LogP contribution in [0.4, 0.5) is 11.6 Å². The Kier molecular flexibility index (Phi) is 3.64. The lowest BCUT2D eigenvalue weighted by molar-refractivity contribution is 0.414. The summed E-state index contributed by atoms with van der Waals surface area (Å²) in [5, 5.41) is 0. The number of imidazole rings is 1. The van der Waals surface area contributed by atoms with Gasteiger partial charge in [-0.05, 0) is 18.1 Å². The number of methoxy groups -OCH3 is 1. The van der Waals surface area contributed by atoms with Gasteiger partial charge in [0.2, 0.25) is 5.95 Å². The van der Waals surface area contributed by atoms with Gasteiger partial charge in [0, 0.05) is 38.9 Å². The molecule has 0 saturated carbocycles. The first-order valence-electron chi connectivity index (χ1n) is 8.50. The number of ether oxygens (including phenoxy) is 1. The topological polar surface area (TPSA) is 74.3 Å². The maximum Gasteiger partial charge on any atom is 0.332 e. The van der Waals surface area contributed by atoms with E-state index in [1.807, 2.05) is 28.8 Å². The zero-order valence-electron chi connectivity index (χ0n) is 15.3. The lowest BCUT2D eigenvalue weighted by Gasteiger charge is -2.33. The minimum absolute atomic E-state index is 0.313. The van der Waals surface area contributed by atoms with Crippen LogP contribution in [0.2, 0.25) is 0 Å². The molecule has 1 aliphatic rings. The van der Waals surface area contributed by atoms with Crippen LogP contribution in [0.15, 0.2) is 33.9 Å². The first kappa shape index (κ1) is 16.4. The van der Waals surface area contributed by atoms with Crippen molar-refractivity contribution in [3.8, 4) is 5.75 Å². The quantitative estimate of drug-likeness (QED) is 0.691. The molecule has 0 amide bonds. The molecule has 0 fully saturated rings. The Morgan fingerprint density at radius 3 is 2.65 bits per heavy atom. The number of hydrogen-bond donors (Lipinski definition) is 0. The van der Waals surface area contributed by atoms with E-state index in [9.17, 15) is 9.59 Å². The summed E-state index contributed by atoms with van der Waals surface area (Å²) in [4.78, 5) is 31.7. The predicted octanol–water partition coefficient (Wildman–Crippen LogP) is 1.23. The van der Waals surface area contributed by atoms with Gasteiger partial charge in [-0.3, -0.25) is 13.9 Å². The molecule has 3 heterocycles. The normalized spacial score (nSPS) is 16.8. The fraction of sp³-hybridized carbons (Fsp3) is 0.389. The van der Waals surface area contributed by atoms with E-state index in [4.69, 9.17) is 4.74 Å². The molecule has 0 N–H and O–H groups in total. The van der Waals surface area contributed by atoms with Gasteiger partial charge in [0.1, 0.15) is 5.75 Å². The van der Waals surface area contributed by atoms with Crippen LogP contribution in [0.1, 0.15) is 6.92 Å². The fourth-order valence-electron chi connectivity index (χ4n) is 3.58. The van der Waals surface area contributed by atoms with Gasteiger partial charge in [0.05, 0.1) is 7.11 Å². The number of benzene rings is 1. The summed E-state index contributed by atoms with van der Waals surface area (Å²) in [6, 6.07) is 7.74. The molecule has 8 heteroatoms. The molecule has 1 aromatic carbocycles. The number of aromatic nitrogens is 4. The first-order valence-corrected chi connectivity index (χ1v) is 8.50. The largest absolute Gasteiger partial charge is 0.497 e. The Hall–Kier alpha value is -3.03. The monoisotopic (exact) mass is 355 g/mol. The van der Waals surface area contributed by atoms with Crippen molar-refractivity contribution in [1.82, 2.24) is 18.7 Å². The van der Waals surface area contributed by atoms with E-state index in [-0.39, 0.29) is 11.2 Å². The highest BCUT2D eigenvalue weighted by Gasteiger charge is 2.29. The van der Waals surface area contributed by atoms with Crippen LogP contribution < -0.4 is 20.9 Å². The van der Waals surface area contributed by atoms with Gasteiger partial charge >= 0.3 is 5.69 Å². The number of aryl methyl sites for hydroxylation is 1. The second-order valence-corrected chi connectivity index (χ2v) is 6.82. The lowest BCUT2D eigenvalue weighted by Crippen LogP contribution is -2.38. The molecule has 0 saturated heterocycles. The Labute approximate surface area is 149 Å². The number of nitrogens with zero attached hydrogens (tertiary/aromatic N) is 5. The maximum atomic E-state index is 12.7. The highest BCUT2D eigenvalue weighted by molar-refractivity contribution is 5.77. The van der Waals surface area contributed by atoms with Gasteiger partial charge in [-0.1, -0.05) is 13.0 Å². The first-order chi connectivity index (χ1) is 12.4. The minimum Gasteiger partial charge on any atom is -0.497 e. The highest BCUT2D eigenvalue weighted by atomic mass is 16.5. The van der Waals surface area contributed by atoms with Crippen molar-refractivity contribution in [2.24, 2.45) is 20.0 Å². The zero-order chi connectivity index (χ0) is 18.6. The Morgan fingerprint density at radius 1 is 1.15 bits per heavy atom. The molecule has 2 aromatic heterocycles. The van der Waals surface area contributed by atoms with Crippen LogP contribution in [0.3, 0.4) is 0 Å². The third-order valence-electron chi connectivity index (χ3n) is 4.92. The summed E-state index contributed by atoms with van der Waals surface area (Å²) < 4.78 is 9.82. The summed E-state index contributed by atoms with van der Waals surface area (Å²) in [5.41, 5.74) is 1.12. The van der Waals surface area contributed by atoms with Crippen LogP contribution in [-0.4, -0.2) is 32.3 Å². The summed E-state index contributed by atoms with van der Waals surface area (Å²) in [6.45, 7) is 3.58. The van der Waals surface area contributed by atoms with Gasteiger partial charge in [-0.25, -0.2) is 4.79 Å². The van der Waals surface area contributed by atoms with E-state index in [1.165, 1.54) is 11.6 Å². The standard InChI is InChI=1S/C18H21N5O3/c1-11-9-22(12-6-5-7-13(8-12)26-4)17-19-15-14(23(17)10-11)16(24)21(3)18(25)20(15)2/h5-8,11H,9-10H2,1-4H3. The molecular weight excluding hydrogens is 334 g/mol. The molecule has 0 radical (unpaired) electrons. The van der Waals surface area contributed by atoms with Crippen molar-refractivity contribution in [3.05, 3.63) is 45.1 Å². The van der Waals surface area contributed by atoms with Crippen molar-refractivity contribution >= 4 is 22.8 Å². The van der Waals surface area contributed by atoms with E-state index in [0.29, 0.717) is 29.6 Å². The van der Waals surface area contributed by atoms with E-state index in [1.54, 1.807) is 14.2 Å². The average Bonchev–Trinajstić information content (AvgIpc) is 3.03. The molecule has 1 unspecified atom stereocenters. The lowest BCUT2D eigenvalue weighted by atomic mass is 10.1. The molecule has 0 spiro atoms.